The molecule has 0 bridgehead atoms. The van der Waals surface area contributed by atoms with Gasteiger partial charge >= 0.3 is 12.1 Å². The van der Waals surface area contributed by atoms with E-state index in [-0.39, 0.29) is 33.9 Å². The number of rotatable bonds is 3. The summed E-state index contributed by atoms with van der Waals surface area (Å²) in [7, 11) is 0. The maximum atomic E-state index is 12.9. The van der Waals surface area contributed by atoms with E-state index < -0.39 is 17.7 Å². The van der Waals surface area contributed by atoms with Gasteiger partial charge in [-0.25, -0.2) is 14.8 Å². The molecule has 0 aliphatic carbocycles. The fraction of sp³-hybridized carbons (Fsp3) is 0.267. The van der Waals surface area contributed by atoms with Crippen molar-refractivity contribution in [3.05, 3.63) is 40.3 Å². The topological polar surface area (TPSA) is 56.5 Å². The Kier molecular flexibility index (Phi) is 4.63. The third-order valence-electron chi connectivity index (χ3n) is 3.51. The lowest BCUT2D eigenvalue weighted by molar-refractivity contribution is -0.137. The molecule has 0 saturated heterocycles. The standard InChI is InChI=1S/C15H10BrClF3N3O2/c1-2-25-14(24)11-10(6-16)23-9-4-3-7(15(18,19)20)5-8(9)21-12(17)13(23)22-11/h3-5H,2,6H2,1H3. The van der Waals surface area contributed by atoms with Gasteiger partial charge < -0.3 is 4.74 Å². The number of hydrogen-bond acceptors (Lipinski definition) is 4. The van der Waals surface area contributed by atoms with Crippen LogP contribution in [0.5, 0.6) is 0 Å². The molecule has 5 nitrogen and oxygen atoms in total. The molecule has 3 rings (SSSR count). The van der Waals surface area contributed by atoms with Gasteiger partial charge in [0.25, 0.3) is 0 Å². The predicted octanol–water partition coefficient (Wildman–Crippen LogP) is 4.63. The van der Waals surface area contributed by atoms with E-state index in [0.717, 1.165) is 12.1 Å². The van der Waals surface area contributed by atoms with E-state index in [1.807, 2.05) is 0 Å². The number of halogens is 5. The van der Waals surface area contributed by atoms with Gasteiger partial charge in [0.05, 0.1) is 28.9 Å². The molecule has 25 heavy (non-hydrogen) atoms. The molecule has 2 heterocycles. The van der Waals surface area contributed by atoms with Gasteiger partial charge in [0.1, 0.15) is 0 Å². The zero-order valence-electron chi connectivity index (χ0n) is 12.7. The molecular weight excluding hydrogens is 427 g/mol. The molecule has 1 aromatic carbocycles. The number of alkyl halides is 4. The Morgan fingerprint density at radius 1 is 1.36 bits per heavy atom. The Balaban J connectivity index is 2.36. The third-order valence-corrected chi connectivity index (χ3v) is 4.30. The number of ether oxygens (including phenoxy) is 1. The first-order chi connectivity index (χ1) is 11.8. The molecule has 0 N–H and O–H groups in total. The monoisotopic (exact) mass is 435 g/mol. The van der Waals surface area contributed by atoms with Crippen LogP contribution in [0.25, 0.3) is 16.7 Å². The van der Waals surface area contributed by atoms with Gasteiger partial charge in [-0.2, -0.15) is 13.2 Å². The molecule has 0 saturated carbocycles. The van der Waals surface area contributed by atoms with Crippen LogP contribution in [0.1, 0.15) is 28.7 Å². The zero-order valence-corrected chi connectivity index (χ0v) is 15.0. The second kappa shape index (κ2) is 6.45. The predicted molar refractivity (Wildman–Crippen MR) is 89.1 cm³/mol. The molecule has 0 aliphatic heterocycles. The third kappa shape index (κ3) is 3.06. The van der Waals surface area contributed by atoms with Gasteiger partial charge in [0.15, 0.2) is 16.5 Å². The first kappa shape index (κ1) is 17.9. The normalized spacial score (nSPS) is 12.1. The molecule has 132 valence electrons. The molecule has 0 fully saturated rings. The number of benzene rings is 1. The van der Waals surface area contributed by atoms with E-state index in [0.29, 0.717) is 11.2 Å². The van der Waals surface area contributed by atoms with Gasteiger partial charge in [-0.05, 0) is 25.1 Å². The molecule has 0 aliphatic rings. The van der Waals surface area contributed by atoms with Crippen LogP contribution in [0.4, 0.5) is 13.2 Å². The van der Waals surface area contributed by atoms with E-state index in [1.54, 1.807) is 6.92 Å². The van der Waals surface area contributed by atoms with E-state index in [1.165, 1.54) is 10.5 Å². The lowest BCUT2D eigenvalue weighted by atomic mass is 10.2. The zero-order chi connectivity index (χ0) is 18.4. The molecule has 10 heteroatoms. The van der Waals surface area contributed by atoms with Crippen molar-refractivity contribution in [3.63, 3.8) is 0 Å². The van der Waals surface area contributed by atoms with E-state index in [4.69, 9.17) is 16.3 Å². The minimum Gasteiger partial charge on any atom is -0.461 e. The van der Waals surface area contributed by atoms with Crippen molar-refractivity contribution in [2.75, 3.05) is 6.61 Å². The lowest BCUT2D eigenvalue weighted by Gasteiger charge is -2.10. The van der Waals surface area contributed by atoms with Crippen LogP contribution >= 0.6 is 27.5 Å². The van der Waals surface area contributed by atoms with Crippen molar-refractivity contribution in [2.24, 2.45) is 0 Å². The average Bonchev–Trinajstić information content (AvgIpc) is 2.94. The fourth-order valence-electron chi connectivity index (χ4n) is 2.47. The Labute approximate surface area is 152 Å². The highest BCUT2D eigenvalue weighted by atomic mass is 79.9. The van der Waals surface area contributed by atoms with Gasteiger partial charge in [0.2, 0.25) is 0 Å². The summed E-state index contributed by atoms with van der Waals surface area (Å²) in [5.41, 5.74) is 0.185. The van der Waals surface area contributed by atoms with Gasteiger partial charge in [-0.3, -0.25) is 4.40 Å². The molecule has 2 aromatic heterocycles. The summed E-state index contributed by atoms with van der Waals surface area (Å²) in [4.78, 5) is 20.2. The number of nitrogens with zero attached hydrogens (tertiary/aromatic N) is 3. The van der Waals surface area contributed by atoms with Crippen molar-refractivity contribution < 1.29 is 22.7 Å². The summed E-state index contributed by atoms with van der Waals surface area (Å²) in [6, 6.07) is 3.12. The van der Waals surface area contributed by atoms with E-state index in [2.05, 4.69) is 25.9 Å². The Morgan fingerprint density at radius 3 is 2.68 bits per heavy atom. The van der Waals surface area contributed by atoms with Gasteiger partial charge in [-0.15, -0.1) is 0 Å². The largest absolute Gasteiger partial charge is 0.461 e. The highest BCUT2D eigenvalue weighted by molar-refractivity contribution is 9.08. The number of hydrogen-bond donors (Lipinski definition) is 0. The summed E-state index contributed by atoms with van der Waals surface area (Å²) >= 11 is 9.36. The summed E-state index contributed by atoms with van der Waals surface area (Å²) in [6.07, 6.45) is -4.50. The van der Waals surface area contributed by atoms with Crippen LogP contribution < -0.4 is 0 Å². The maximum Gasteiger partial charge on any atom is 0.416 e. The summed E-state index contributed by atoms with van der Waals surface area (Å²) in [5.74, 6) is -0.642. The number of carbonyl (C=O) groups excluding carboxylic acids is 1. The number of imidazole rings is 1. The summed E-state index contributed by atoms with van der Waals surface area (Å²) < 4.78 is 45.2. The van der Waals surface area contributed by atoms with Crippen molar-refractivity contribution in [2.45, 2.75) is 18.4 Å². The molecular formula is C15H10BrClF3N3O2. The first-order valence-electron chi connectivity index (χ1n) is 7.08. The van der Waals surface area contributed by atoms with Crippen LogP contribution in [0.15, 0.2) is 18.2 Å². The van der Waals surface area contributed by atoms with Crippen molar-refractivity contribution in [1.29, 1.82) is 0 Å². The Bertz CT molecular complexity index is 988. The van der Waals surface area contributed by atoms with Gasteiger partial charge in [0, 0.05) is 5.33 Å². The van der Waals surface area contributed by atoms with Crippen molar-refractivity contribution >= 4 is 50.2 Å². The Hall–Kier alpha value is -1.87. The number of fused-ring (bicyclic) bond motifs is 3. The number of aromatic nitrogens is 3. The molecule has 0 unspecified atom stereocenters. The maximum absolute atomic E-state index is 12.9. The van der Waals surface area contributed by atoms with Gasteiger partial charge in [-0.1, -0.05) is 27.5 Å². The summed E-state index contributed by atoms with van der Waals surface area (Å²) in [6.45, 7) is 1.82. The highest BCUT2D eigenvalue weighted by Crippen LogP contribution is 2.33. The second-order valence-electron chi connectivity index (χ2n) is 5.02. The van der Waals surface area contributed by atoms with Crippen molar-refractivity contribution in [1.82, 2.24) is 14.4 Å². The van der Waals surface area contributed by atoms with E-state index >= 15 is 0 Å². The van der Waals surface area contributed by atoms with E-state index in [9.17, 15) is 18.0 Å². The SMILES string of the molecule is CCOC(=O)c1nc2c(Cl)nc3cc(C(F)(F)F)ccc3n2c1CBr. The fourth-order valence-corrected chi connectivity index (χ4v) is 3.21. The van der Waals surface area contributed by atoms with Crippen LogP contribution in [0.3, 0.4) is 0 Å². The molecule has 0 atom stereocenters. The van der Waals surface area contributed by atoms with Crippen LogP contribution in [0.2, 0.25) is 5.15 Å². The minimum absolute atomic E-state index is 0.0369. The molecule has 3 aromatic rings. The molecule has 0 radical (unpaired) electrons. The quantitative estimate of drug-likeness (QED) is 0.444. The molecule has 0 amide bonds. The van der Waals surface area contributed by atoms with Crippen LogP contribution in [-0.2, 0) is 16.2 Å². The minimum atomic E-state index is -4.50. The van der Waals surface area contributed by atoms with Crippen molar-refractivity contribution in [3.8, 4) is 0 Å². The highest BCUT2D eigenvalue weighted by Gasteiger charge is 2.31. The van der Waals surface area contributed by atoms with Crippen LogP contribution in [0, 0.1) is 0 Å². The molecule has 0 spiro atoms. The average molecular weight is 437 g/mol. The van der Waals surface area contributed by atoms with Crippen LogP contribution in [-0.4, -0.2) is 26.9 Å². The smallest absolute Gasteiger partial charge is 0.416 e. The lowest BCUT2D eigenvalue weighted by Crippen LogP contribution is -2.08. The second-order valence-corrected chi connectivity index (χ2v) is 5.94. The number of carbonyl (C=O) groups is 1. The number of esters is 1. The Morgan fingerprint density at radius 2 is 2.08 bits per heavy atom. The summed E-state index contributed by atoms with van der Waals surface area (Å²) in [5, 5.41) is 0.114. The first-order valence-corrected chi connectivity index (χ1v) is 8.58.